The lowest BCUT2D eigenvalue weighted by molar-refractivity contribution is -0.137. The number of Topliss-reactive ketones (excluding diaryl/α,β-unsaturated/α-hetero) is 1. The lowest BCUT2D eigenvalue weighted by Crippen LogP contribution is -2.49. The first kappa shape index (κ1) is 38.9. The summed E-state index contributed by atoms with van der Waals surface area (Å²) in [5, 5.41) is 0.734. The third kappa shape index (κ3) is 10.5. The molecule has 48 heavy (non-hydrogen) atoms. The van der Waals surface area contributed by atoms with Crippen molar-refractivity contribution in [3.8, 4) is 0 Å². The average Bonchev–Trinajstić information content (AvgIpc) is 3.23. The van der Waals surface area contributed by atoms with E-state index in [1.54, 1.807) is 24.2 Å². The molecule has 256 valence electrons. The summed E-state index contributed by atoms with van der Waals surface area (Å²) >= 11 is 10.0. The normalized spacial score (nSPS) is 13.8. The highest BCUT2D eigenvalue weighted by molar-refractivity contribution is 9.10. The Morgan fingerprint density at radius 2 is 1.75 bits per heavy atom. The Labute approximate surface area is 300 Å². The van der Waals surface area contributed by atoms with Crippen molar-refractivity contribution in [1.29, 1.82) is 0 Å². The van der Waals surface area contributed by atoms with Crippen LogP contribution >= 0.6 is 27.5 Å². The first-order chi connectivity index (χ1) is 23.1. The molecule has 2 heterocycles. The van der Waals surface area contributed by atoms with Crippen molar-refractivity contribution in [2.24, 2.45) is 0 Å². The number of rotatable bonds is 10. The van der Waals surface area contributed by atoms with Gasteiger partial charge in [0.05, 0.1) is 17.8 Å². The van der Waals surface area contributed by atoms with Gasteiger partial charge >= 0.3 is 0 Å². The van der Waals surface area contributed by atoms with Crippen LogP contribution in [0.4, 0.5) is 5.69 Å². The Hall–Kier alpha value is -3.59. The second-order valence-corrected chi connectivity index (χ2v) is 13.1. The molecule has 0 radical (unpaired) electrons. The summed E-state index contributed by atoms with van der Waals surface area (Å²) in [6.45, 7) is 11.1. The third-order valence-corrected chi connectivity index (χ3v) is 8.86. The van der Waals surface area contributed by atoms with E-state index in [0.717, 1.165) is 52.1 Å². The van der Waals surface area contributed by atoms with Gasteiger partial charge in [-0.15, -0.1) is 0 Å². The predicted molar refractivity (Wildman–Crippen MR) is 201 cm³/mol. The van der Waals surface area contributed by atoms with Crippen LogP contribution in [0, 0.1) is 0 Å². The van der Waals surface area contributed by atoms with Crippen LogP contribution in [0.3, 0.4) is 0 Å². The lowest BCUT2D eigenvalue weighted by atomic mass is 9.94. The van der Waals surface area contributed by atoms with Gasteiger partial charge in [0.2, 0.25) is 5.91 Å². The van der Waals surface area contributed by atoms with Gasteiger partial charge in [-0.3, -0.25) is 24.5 Å². The molecule has 1 aliphatic rings. The molecule has 2 aromatic heterocycles. The van der Waals surface area contributed by atoms with Crippen LogP contribution in [0.2, 0.25) is 5.02 Å². The molecule has 0 saturated heterocycles. The maximum Gasteiger partial charge on any atom is 0.239 e. The van der Waals surface area contributed by atoms with Gasteiger partial charge in [-0.1, -0.05) is 69.6 Å². The van der Waals surface area contributed by atoms with E-state index >= 15 is 0 Å². The minimum absolute atomic E-state index is 0.0904. The van der Waals surface area contributed by atoms with Crippen molar-refractivity contribution < 1.29 is 9.59 Å². The second kappa shape index (κ2) is 19.4. The number of nitrogens with zero attached hydrogens (tertiary/aromatic N) is 4. The smallest absolute Gasteiger partial charge is 0.239 e. The van der Waals surface area contributed by atoms with Crippen LogP contribution in [-0.4, -0.2) is 51.1 Å². The Morgan fingerprint density at radius 1 is 1.02 bits per heavy atom. The molecule has 4 aromatic rings. The molecule has 2 N–H and O–H groups in total. The molecule has 7 nitrogen and oxygen atoms in total. The predicted octanol–water partition coefficient (Wildman–Crippen LogP) is 8.66. The molecule has 2 unspecified atom stereocenters. The number of pyridine rings is 2. The summed E-state index contributed by atoms with van der Waals surface area (Å²) in [4.78, 5) is 37.5. The molecule has 0 saturated carbocycles. The molecule has 2 aromatic carbocycles. The molecular weight excluding hydrogens is 686 g/mol. The van der Waals surface area contributed by atoms with E-state index in [0.29, 0.717) is 25.1 Å². The van der Waals surface area contributed by atoms with Crippen molar-refractivity contribution in [3.05, 3.63) is 122 Å². The standard InChI is InChI=1S/C29H34BrClN4O.C8H9NO.C2H6/c1-4-14-35(26(5-2)29(36)34(3)18-21-8-6-7-9-25(21)32)28-24-13-12-23(31)16-19(24)10-11-20-15-22(30)17-33-27(20)28;1-7(10)5-8-3-2-4-9-6-8;1-2/h6-9,12-13,15-17,26,28H,4-5,10-11,14,18,32H2,1-3H3;2-4,6H,5H2,1H3;1-2H3. The van der Waals surface area contributed by atoms with Gasteiger partial charge < -0.3 is 10.6 Å². The SMILES string of the molecule is CC.CC(=O)Cc1cccnc1.CCCN(C(CC)C(=O)N(C)Cc1ccccc1N)C1c2ccc(Cl)cc2CCc2cc(Br)cnc21. The van der Waals surface area contributed by atoms with Gasteiger partial charge in [0, 0.05) is 53.8 Å². The van der Waals surface area contributed by atoms with Crippen LogP contribution in [0.15, 0.2) is 83.7 Å². The number of fused-ring (bicyclic) bond motifs is 2. The van der Waals surface area contributed by atoms with Gasteiger partial charge in [0.1, 0.15) is 5.78 Å². The largest absolute Gasteiger partial charge is 0.398 e. The summed E-state index contributed by atoms with van der Waals surface area (Å²) in [7, 11) is 1.87. The molecule has 0 bridgehead atoms. The number of aryl methyl sites for hydroxylation is 2. The number of halogens is 2. The van der Waals surface area contributed by atoms with Gasteiger partial charge in [-0.2, -0.15) is 0 Å². The number of benzene rings is 2. The Kier molecular flexibility index (Phi) is 15.7. The monoisotopic (exact) mass is 733 g/mol. The summed E-state index contributed by atoms with van der Waals surface area (Å²) in [6, 6.07) is 19.3. The van der Waals surface area contributed by atoms with E-state index in [-0.39, 0.29) is 23.8 Å². The minimum Gasteiger partial charge on any atom is -0.398 e. The molecule has 0 aliphatic heterocycles. The van der Waals surface area contributed by atoms with Gasteiger partial charge in [0.25, 0.3) is 0 Å². The van der Waals surface area contributed by atoms with E-state index < -0.39 is 0 Å². The number of nitrogen functional groups attached to an aromatic ring is 1. The first-order valence-corrected chi connectivity index (χ1v) is 17.9. The molecule has 0 fully saturated rings. The van der Waals surface area contributed by atoms with Crippen LogP contribution in [-0.2, 0) is 35.4 Å². The van der Waals surface area contributed by atoms with Crippen molar-refractivity contribution in [2.75, 3.05) is 19.3 Å². The Bertz CT molecular complexity index is 1580. The van der Waals surface area contributed by atoms with E-state index in [1.807, 2.05) is 69.6 Å². The number of para-hydroxylation sites is 1. The van der Waals surface area contributed by atoms with E-state index in [9.17, 15) is 9.59 Å². The summed E-state index contributed by atoms with van der Waals surface area (Å²) in [5.74, 6) is 0.264. The molecule has 2 atom stereocenters. The van der Waals surface area contributed by atoms with Crippen LogP contribution in [0.5, 0.6) is 0 Å². The van der Waals surface area contributed by atoms with Crippen molar-refractivity contribution >= 4 is 44.9 Å². The molecular formula is C39H49BrClN5O2. The number of nitrogens with two attached hydrogens (primary N) is 1. The fourth-order valence-electron chi connectivity index (χ4n) is 6.08. The number of ketones is 1. The van der Waals surface area contributed by atoms with Gasteiger partial charge in [0.15, 0.2) is 0 Å². The van der Waals surface area contributed by atoms with Crippen LogP contribution in [0.25, 0.3) is 0 Å². The molecule has 5 rings (SSSR count). The average molecular weight is 735 g/mol. The molecule has 9 heteroatoms. The number of carbonyl (C=O) groups excluding carboxylic acids is 2. The van der Waals surface area contributed by atoms with Crippen molar-refractivity contribution in [1.82, 2.24) is 19.8 Å². The van der Waals surface area contributed by atoms with Crippen LogP contribution in [0.1, 0.15) is 87.0 Å². The number of likely N-dealkylation sites (N-methyl/N-ethyl adjacent to an activating group) is 1. The van der Waals surface area contributed by atoms with E-state index in [1.165, 1.54) is 16.7 Å². The Morgan fingerprint density at radius 3 is 2.40 bits per heavy atom. The quantitative estimate of drug-likeness (QED) is 0.164. The second-order valence-electron chi connectivity index (χ2n) is 11.7. The lowest BCUT2D eigenvalue weighted by Gasteiger charge is -2.39. The first-order valence-electron chi connectivity index (χ1n) is 16.8. The molecule has 1 amide bonds. The fraction of sp³-hybridized carbons (Fsp3) is 0.385. The summed E-state index contributed by atoms with van der Waals surface area (Å²) in [6.07, 6.45) is 9.14. The number of aromatic nitrogens is 2. The number of carbonyl (C=O) groups is 2. The molecule has 1 aliphatic carbocycles. The zero-order chi connectivity index (χ0) is 35.2. The van der Waals surface area contributed by atoms with E-state index in [4.69, 9.17) is 22.3 Å². The highest BCUT2D eigenvalue weighted by Gasteiger charge is 2.37. The number of amides is 1. The maximum atomic E-state index is 14.0. The number of hydrogen-bond donors (Lipinski definition) is 1. The van der Waals surface area contributed by atoms with E-state index in [2.05, 4.69) is 57.9 Å². The fourth-order valence-corrected chi connectivity index (χ4v) is 6.65. The highest BCUT2D eigenvalue weighted by Crippen LogP contribution is 2.39. The van der Waals surface area contributed by atoms with Crippen molar-refractivity contribution in [3.63, 3.8) is 0 Å². The highest BCUT2D eigenvalue weighted by atomic mass is 79.9. The molecule has 0 spiro atoms. The van der Waals surface area contributed by atoms with Crippen molar-refractivity contribution in [2.45, 2.75) is 85.4 Å². The summed E-state index contributed by atoms with van der Waals surface area (Å²) in [5.41, 5.74) is 13.4. The van der Waals surface area contributed by atoms with Gasteiger partial charge in [-0.05, 0) is 113 Å². The third-order valence-electron chi connectivity index (χ3n) is 8.19. The summed E-state index contributed by atoms with van der Waals surface area (Å²) < 4.78 is 0.967. The minimum atomic E-state index is -0.301. The Balaban J connectivity index is 0.000000442. The van der Waals surface area contributed by atoms with Crippen LogP contribution < -0.4 is 5.73 Å². The zero-order valence-corrected chi connectivity index (χ0v) is 31.4. The number of hydrogen-bond acceptors (Lipinski definition) is 6. The maximum absolute atomic E-state index is 14.0. The van der Waals surface area contributed by atoms with Gasteiger partial charge in [-0.25, -0.2) is 0 Å². The zero-order valence-electron chi connectivity index (χ0n) is 29.0. The number of anilines is 1. The topological polar surface area (TPSA) is 92.4 Å².